The molecule has 0 aliphatic carbocycles. The molecular weight excluding hydrogens is 232 g/mol. The number of nitrogens with zero attached hydrogens (tertiary/aromatic N) is 1. The van der Waals surface area contributed by atoms with Crippen LogP contribution >= 0.6 is 0 Å². The molecule has 18 heavy (non-hydrogen) atoms. The fraction of sp³-hybridized carbons (Fsp3) is 0.462. The van der Waals surface area contributed by atoms with Crippen LogP contribution in [0.2, 0.25) is 0 Å². The normalized spacial score (nSPS) is 18.8. The lowest BCUT2D eigenvalue weighted by molar-refractivity contribution is 0.0697. The average molecular weight is 250 g/mol. The Labute approximate surface area is 106 Å². The maximum Gasteiger partial charge on any atom is 0.335 e. The van der Waals surface area contributed by atoms with E-state index in [1.165, 1.54) is 6.07 Å². The van der Waals surface area contributed by atoms with Crippen molar-refractivity contribution in [2.75, 3.05) is 30.8 Å². The van der Waals surface area contributed by atoms with Crippen molar-refractivity contribution in [3.8, 4) is 0 Å². The monoisotopic (exact) mass is 250 g/mol. The molecule has 2 rings (SSSR count). The second-order valence-electron chi connectivity index (χ2n) is 4.59. The Bertz CT molecular complexity index is 442. The van der Waals surface area contributed by atoms with Crippen molar-refractivity contribution in [3.63, 3.8) is 0 Å². The number of ether oxygens (including phenoxy) is 1. The summed E-state index contributed by atoms with van der Waals surface area (Å²) in [6.45, 7) is 1.54. The fourth-order valence-electron chi connectivity index (χ4n) is 2.20. The highest BCUT2D eigenvalue weighted by atomic mass is 16.5. The number of anilines is 2. The van der Waals surface area contributed by atoms with E-state index in [-0.39, 0.29) is 11.7 Å². The van der Waals surface area contributed by atoms with E-state index in [4.69, 9.17) is 15.6 Å². The molecule has 0 radical (unpaired) electrons. The number of nitrogen functional groups attached to an aromatic ring is 1. The summed E-state index contributed by atoms with van der Waals surface area (Å²) in [6.07, 6.45) is 2.34. The maximum atomic E-state index is 10.9. The minimum atomic E-state index is -0.943. The van der Waals surface area contributed by atoms with Gasteiger partial charge in [0.25, 0.3) is 0 Å². The molecule has 1 aromatic carbocycles. The number of hydrogen-bond donors (Lipinski definition) is 2. The van der Waals surface area contributed by atoms with Crippen molar-refractivity contribution >= 4 is 17.3 Å². The van der Waals surface area contributed by atoms with E-state index in [0.29, 0.717) is 5.69 Å². The topological polar surface area (TPSA) is 75.8 Å². The molecule has 1 atom stereocenters. The molecule has 1 fully saturated rings. The number of carboxylic acids is 1. The molecular formula is C13H18N2O3. The van der Waals surface area contributed by atoms with Crippen LogP contribution in [0.5, 0.6) is 0 Å². The van der Waals surface area contributed by atoms with Crippen LogP contribution in [0.25, 0.3) is 0 Å². The summed E-state index contributed by atoms with van der Waals surface area (Å²) >= 11 is 0. The third-order valence-electron chi connectivity index (χ3n) is 3.19. The van der Waals surface area contributed by atoms with Gasteiger partial charge in [-0.25, -0.2) is 4.79 Å². The highest BCUT2D eigenvalue weighted by molar-refractivity contribution is 5.90. The van der Waals surface area contributed by atoms with Crippen molar-refractivity contribution < 1.29 is 14.6 Å². The van der Waals surface area contributed by atoms with Gasteiger partial charge < -0.3 is 20.5 Å². The molecule has 1 aliphatic rings. The Morgan fingerprint density at radius 2 is 2.39 bits per heavy atom. The number of aromatic carboxylic acids is 1. The zero-order chi connectivity index (χ0) is 13.1. The van der Waals surface area contributed by atoms with Gasteiger partial charge in [0.1, 0.15) is 0 Å². The van der Waals surface area contributed by atoms with E-state index in [9.17, 15) is 4.79 Å². The molecule has 0 spiro atoms. The SMILES string of the molecule is CN(CC1CCCO1)c1cc(C(=O)O)ccc1N. The zero-order valence-electron chi connectivity index (χ0n) is 10.4. The van der Waals surface area contributed by atoms with Crippen LogP contribution in [-0.2, 0) is 4.74 Å². The van der Waals surface area contributed by atoms with Gasteiger partial charge in [-0.2, -0.15) is 0 Å². The molecule has 5 nitrogen and oxygen atoms in total. The van der Waals surface area contributed by atoms with Gasteiger partial charge in [0.05, 0.1) is 23.0 Å². The van der Waals surface area contributed by atoms with Gasteiger partial charge >= 0.3 is 5.97 Å². The molecule has 0 saturated carbocycles. The number of likely N-dealkylation sites (N-methyl/N-ethyl adjacent to an activating group) is 1. The predicted octanol–water partition coefficient (Wildman–Crippen LogP) is 1.58. The third kappa shape index (κ3) is 2.73. The van der Waals surface area contributed by atoms with Gasteiger partial charge in [0.2, 0.25) is 0 Å². The van der Waals surface area contributed by atoms with Gasteiger partial charge in [0, 0.05) is 20.2 Å². The molecule has 0 aromatic heterocycles. The summed E-state index contributed by atoms with van der Waals surface area (Å²) in [5, 5.41) is 8.98. The molecule has 0 bridgehead atoms. The fourth-order valence-corrected chi connectivity index (χ4v) is 2.20. The van der Waals surface area contributed by atoms with Gasteiger partial charge in [-0.1, -0.05) is 0 Å². The summed E-state index contributed by atoms with van der Waals surface area (Å²) < 4.78 is 5.56. The van der Waals surface area contributed by atoms with Crippen LogP contribution in [0.4, 0.5) is 11.4 Å². The first-order chi connectivity index (χ1) is 8.58. The van der Waals surface area contributed by atoms with Crippen molar-refractivity contribution in [2.45, 2.75) is 18.9 Å². The van der Waals surface area contributed by atoms with Crippen molar-refractivity contribution in [1.82, 2.24) is 0 Å². The average Bonchev–Trinajstić information content (AvgIpc) is 2.81. The lowest BCUT2D eigenvalue weighted by atomic mass is 10.1. The first-order valence-corrected chi connectivity index (χ1v) is 6.03. The first-order valence-electron chi connectivity index (χ1n) is 6.03. The van der Waals surface area contributed by atoms with Gasteiger partial charge in [0.15, 0.2) is 0 Å². The van der Waals surface area contributed by atoms with Gasteiger partial charge in [-0.05, 0) is 31.0 Å². The Morgan fingerprint density at radius 1 is 1.61 bits per heavy atom. The van der Waals surface area contributed by atoms with Gasteiger partial charge in [-0.15, -0.1) is 0 Å². The molecule has 3 N–H and O–H groups in total. The van der Waals surface area contributed by atoms with Crippen LogP contribution in [0.15, 0.2) is 18.2 Å². The standard InChI is InChI=1S/C13H18N2O3/c1-15(8-10-3-2-6-18-10)12-7-9(13(16)17)4-5-11(12)14/h4-5,7,10H,2-3,6,8,14H2,1H3,(H,16,17). The minimum Gasteiger partial charge on any atom is -0.478 e. The van der Waals surface area contributed by atoms with E-state index >= 15 is 0 Å². The van der Waals surface area contributed by atoms with Crippen LogP contribution in [0.1, 0.15) is 23.2 Å². The zero-order valence-corrected chi connectivity index (χ0v) is 10.4. The van der Waals surface area contributed by atoms with Crippen molar-refractivity contribution in [1.29, 1.82) is 0 Å². The van der Waals surface area contributed by atoms with E-state index in [2.05, 4.69) is 0 Å². The minimum absolute atomic E-state index is 0.211. The van der Waals surface area contributed by atoms with Crippen molar-refractivity contribution in [3.05, 3.63) is 23.8 Å². The summed E-state index contributed by atoms with van der Waals surface area (Å²) in [4.78, 5) is 12.9. The van der Waals surface area contributed by atoms with E-state index in [1.54, 1.807) is 12.1 Å². The number of benzene rings is 1. The quantitative estimate of drug-likeness (QED) is 0.793. The van der Waals surface area contributed by atoms with Crippen LogP contribution in [-0.4, -0.2) is 37.4 Å². The second kappa shape index (κ2) is 5.27. The highest BCUT2D eigenvalue weighted by Crippen LogP contribution is 2.25. The molecule has 1 aromatic rings. The van der Waals surface area contributed by atoms with Crippen molar-refractivity contribution in [2.24, 2.45) is 0 Å². The largest absolute Gasteiger partial charge is 0.478 e. The van der Waals surface area contributed by atoms with Crippen LogP contribution in [0.3, 0.4) is 0 Å². The lowest BCUT2D eigenvalue weighted by Crippen LogP contribution is -2.29. The first kappa shape index (κ1) is 12.7. The maximum absolute atomic E-state index is 10.9. The Balaban J connectivity index is 2.14. The molecule has 1 saturated heterocycles. The third-order valence-corrected chi connectivity index (χ3v) is 3.19. The Kier molecular flexibility index (Phi) is 3.72. The molecule has 5 heteroatoms. The molecule has 1 unspecified atom stereocenters. The number of carbonyl (C=O) groups is 1. The Morgan fingerprint density at radius 3 is 3.00 bits per heavy atom. The second-order valence-corrected chi connectivity index (χ2v) is 4.59. The number of nitrogens with two attached hydrogens (primary N) is 1. The van der Waals surface area contributed by atoms with Crippen LogP contribution < -0.4 is 10.6 Å². The van der Waals surface area contributed by atoms with E-state index < -0.39 is 5.97 Å². The number of hydrogen-bond acceptors (Lipinski definition) is 4. The smallest absolute Gasteiger partial charge is 0.335 e. The molecule has 98 valence electrons. The summed E-state index contributed by atoms with van der Waals surface area (Å²) in [7, 11) is 1.90. The molecule has 1 aliphatic heterocycles. The number of carboxylic acid groups (broad SMARTS) is 1. The number of rotatable bonds is 4. The van der Waals surface area contributed by atoms with Gasteiger partial charge in [-0.3, -0.25) is 0 Å². The summed E-state index contributed by atoms with van der Waals surface area (Å²) in [5.74, 6) is -0.943. The van der Waals surface area contributed by atoms with Crippen LogP contribution in [0, 0.1) is 0 Å². The van der Waals surface area contributed by atoms with E-state index in [0.717, 1.165) is 31.7 Å². The lowest BCUT2D eigenvalue weighted by Gasteiger charge is -2.24. The predicted molar refractivity (Wildman–Crippen MR) is 70.1 cm³/mol. The highest BCUT2D eigenvalue weighted by Gasteiger charge is 2.19. The Hall–Kier alpha value is -1.75. The van der Waals surface area contributed by atoms with E-state index in [1.807, 2.05) is 11.9 Å². The summed E-state index contributed by atoms with van der Waals surface area (Å²) in [6, 6.07) is 4.75. The summed E-state index contributed by atoms with van der Waals surface area (Å²) in [5.41, 5.74) is 7.46. The molecule has 1 heterocycles. The molecule has 0 amide bonds.